The molecule has 1 aromatic carbocycles. The second-order valence-electron chi connectivity index (χ2n) is 3.11. The van der Waals surface area contributed by atoms with Crippen LogP contribution in [-0.2, 0) is 11.3 Å². The van der Waals surface area contributed by atoms with Crippen LogP contribution >= 0.6 is 0 Å². The Labute approximate surface area is 75.4 Å². The Bertz CT molecular complexity index is 363. The summed E-state index contributed by atoms with van der Waals surface area (Å²) in [6.07, 6.45) is 0. The first-order chi connectivity index (χ1) is 6.18. The second kappa shape index (κ2) is 2.74. The molecule has 0 saturated heterocycles. The predicted octanol–water partition coefficient (Wildman–Crippen LogP) is 0.498. The van der Waals surface area contributed by atoms with Gasteiger partial charge in [-0.15, -0.1) is 0 Å². The van der Waals surface area contributed by atoms with Crippen molar-refractivity contribution in [1.82, 2.24) is 5.32 Å². The summed E-state index contributed by atoms with van der Waals surface area (Å²) >= 11 is 0. The van der Waals surface area contributed by atoms with E-state index < -0.39 is 12.0 Å². The molecule has 0 aromatic heterocycles. The van der Waals surface area contributed by atoms with Crippen LogP contribution in [0.3, 0.4) is 0 Å². The van der Waals surface area contributed by atoms with Crippen LogP contribution < -0.4 is 11.1 Å². The van der Waals surface area contributed by atoms with Gasteiger partial charge in [-0.2, -0.15) is 0 Å². The quantitative estimate of drug-likeness (QED) is 0.547. The smallest absolute Gasteiger partial charge is 0.325 e. The number of hydrogen-bond acceptors (Lipinski definition) is 3. The number of nitrogen functional groups attached to an aromatic ring is 1. The van der Waals surface area contributed by atoms with E-state index in [1.165, 1.54) is 0 Å². The molecule has 0 radical (unpaired) electrons. The first-order valence-corrected chi connectivity index (χ1v) is 4.03. The van der Waals surface area contributed by atoms with Gasteiger partial charge in [0.25, 0.3) is 0 Å². The molecule has 0 fully saturated rings. The number of aliphatic carboxylic acids is 1. The van der Waals surface area contributed by atoms with Crippen LogP contribution in [-0.4, -0.2) is 11.1 Å². The molecule has 2 rings (SSSR count). The van der Waals surface area contributed by atoms with E-state index in [9.17, 15) is 4.79 Å². The Kier molecular flexibility index (Phi) is 1.70. The number of nitrogens with two attached hydrogens (primary N) is 1. The first kappa shape index (κ1) is 8.07. The van der Waals surface area contributed by atoms with Gasteiger partial charge in [0.15, 0.2) is 0 Å². The molecule has 1 aliphatic heterocycles. The average Bonchev–Trinajstić information content (AvgIpc) is 2.46. The fourth-order valence-electron chi connectivity index (χ4n) is 1.60. The molecule has 0 aliphatic carbocycles. The Morgan fingerprint density at radius 3 is 3.08 bits per heavy atom. The number of carbonyl (C=O) groups is 1. The highest BCUT2D eigenvalue weighted by atomic mass is 16.4. The molecule has 0 bridgehead atoms. The van der Waals surface area contributed by atoms with Gasteiger partial charge in [0, 0.05) is 12.2 Å². The number of rotatable bonds is 1. The largest absolute Gasteiger partial charge is 0.480 e. The second-order valence-corrected chi connectivity index (χ2v) is 3.11. The zero-order chi connectivity index (χ0) is 9.42. The third-order valence-corrected chi connectivity index (χ3v) is 2.22. The molecular formula is C9H10N2O2. The van der Waals surface area contributed by atoms with Crippen molar-refractivity contribution in [2.24, 2.45) is 0 Å². The molecule has 0 saturated carbocycles. The zero-order valence-electron chi connectivity index (χ0n) is 6.95. The lowest BCUT2D eigenvalue weighted by Gasteiger charge is -2.05. The third kappa shape index (κ3) is 1.25. The number of nitrogens with one attached hydrogen (secondary N) is 1. The van der Waals surface area contributed by atoms with Crippen molar-refractivity contribution in [3.63, 3.8) is 0 Å². The Morgan fingerprint density at radius 2 is 2.38 bits per heavy atom. The third-order valence-electron chi connectivity index (χ3n) is 2.22. The summed E-state index contributed by atoms with van der Waals surface area (Å²) in [5.41, 5.74) is 8.05. The van der Waals surface area contributed by atoms with Crippen LogP contribution in [0.5, 0.6) is 0 Å². The first-order valence-electron chi connectivity index (χ1n) is 4.03. The monoisotopic (exact) mass is 178 g/mol. The van der Waals surface area contributed by atoms with Gasteiger partial charge in [-0.1, -0.05) is 6.07 Å². The van der Waals surface area contributed by atoms with Gasteiger partial charge in [0.05, 0.1) is 0 Å². The molecule has 68 valence electrons. The molecule has 4 N–H and O–H groups in total. The number of benzene rings is 1. The molecule has 1 atom stereocenters. The fraction of sp³-hybridized carbons (Fsp3) is 0.222. The fourth-order valence-corrected chi connectivity index (χ4v) is 1.60. The van der Waals surface area contributed by atoms with E-state index in [1.54, 1.807) is 12.1 Å². The van der Waals surface area contributed by atoms with Gasteiger partial charge in [-0.05, 0) is 23.3 Å². The van der Waals surface area contributed by atoms with Gasteiger partial charge in [0.2, 0.25) is 0 Å². The summed E-state index contributed by atoms with van der Waals surface area (Å²) in [6.45, 7) is 0.581. The summed E-state index contributed by atoms with van der Waals surface area (Å²) in [7, 11) is 0. The summed E-state index contributed by atoms with van der Waals surface area (Å²) < 4.78 is 0. The Hall–Kier alpha value is -1.55. The SMILES string of the molecule is Nc1ccc2c(c1)CN[C@@H]2C(=O)O. The van der Waals surface area contributed by atoms with Gasteiger partial charge in [-0.3, -0.25) is 10.1 Å². The average molecular weight is 178 g/mol. The van der Waals surface area contributed by atoms with Crippen LogP contribution in [0.1, 0.15) is 17.2 Å². The molecule has 1 aromatic rings. The van der Waals surface area contributed by atoms with Crippen molar-refractivity contribution < 1.29 is 9.90 Å². The summed E-state index contributed by atoms with van der Waals surface area (Å²) in [5.74, 6) is -0.844. The number of fused-ring (bicyclic) bond motifs is 1. The highest BCUT2D eigenvalue weighted by Crippen LogP contribution is 2.26. The lowest BCUT2D eigenvalue weighted by Crippen LogP contribution is -2.21. The van der Waals surface area contributed by atoms with Gasteiger partial charge in [-0.25, -0.2) is 0 Å². The minimum Gasteiger partial charge on any atom is -0.480 e. The van der Waals surface area contributed by atoms with E-state index in [1.807, 2.05) is 6.07 Å². The van der Waals surface area contributed by atoms with Crippen molar-refractivity contribution in [3.05, 3.63) is 29.3 Å². The number of carboxylic acids is 1. The van der Waals surface area contributed by atoms with Crippen molar-refractivity contribution in [2.45, 2.75) is 12.6 Å². The van der Waals surface area contributed by atoms with E-state index in [0.717, 1.165) is 11.1 Å². The maximum atomic E-state index is 10.8. The van der Waals surface area contributed by atoms with Crippen molar-refractivity contribution in [2.75, 3.05) is 5.73 Å². The van der Waals surface area contributed by atoms with Gasteiger partial charge < -0.3 is 10.8 Å². The number of hydrogen-bond donors (Lipinski definition) is 3. The molecule has 4 nitrogen and oxygen atoms in total. The summed E-state index contributed by atoms with van der Waals surface area (Å²) in [4.78, 5) is 10.8. The summed E-state index contributed by atoms with van der Waals surface area (Å²) in [6, 6.07) is 4.73. The van der Waals surface area contributed by atoms with E-state index in [-0.39, 0.29) is 0 Å². The maximum Gasteiger partial charge on any atom is 0.325 e. The highest BCUT2D eigenvalue weighted by Gasteiger charge is 2.27. The highest BCUT2D eigenvalue weighted by molar-refractivity contribution is 5.77. The minimum absolute atomic E-state index is 0.574. The predicted molar refractivity (Wildman–Crippen MR) is 48.1 cm³/mol. The van der Waals surface area contributed by atoms with Crippen LogP contribution in [0, 0.1) is 0 Å². The standard InChI is InChI=1S/C9H10N2O2/c10-6-1-2-7-5(3-6)4-11-8(7)9(12)13/h1-3,8,11H,4,10H2,(H,12,13)/t8-/m0/s1. The van der Waals surface area contributed by atoms with Crippen LogP contribution in [0.15, 0.2) is 18.2 Å². The molecular weight excluding hydrogens is 168 g/mol. The lowest BCUT2D eigenvalue weighted by molar-refractivity contribution is -0.139. The molecule has 0 amide bonds. The van der Waals surface area contributed by atoms with Gasteiger partial charge >= 0.3 is 5.97 Å². The van der Waals surface area contributed by atoms with E-state index in [0.29, 0.717) is 12.2 Å². The van der Waals surface area contributed by atoms with Crippen molar-refractivity contribution in [1.29, 1.82) is 0 Å². The topological polar surface area (TPSA) is 75.3 Å². The molecule has 0 unspecified atom stereocenters. The molecule has 1 heterocycles. The lowest BCUT2D eigenvalue weighted by atomic mass is 10.0. The Balaban J connectivity index is 2.44. The maximum absolute atomic E-state index is 10.8. The van der Waals surface area contributed by atoms with Crippen molar-refractivity contribution >= 4 is 11.7 Å². The molecule has 4 heteroatoms. The van der Waals surface area contributed by atoms with E-state index in [4.69, 9.17) is 10.8 Å². The molecule has 13 heavy (non-hydrogen) atoms. The van der Waals surface area contributed by atoms with Crippen molar-refractivity contribution in [3.8, 4) is 0 Å². The number of carboxylic acid groups (broad SMARTS) is 1. The van der Waals surface area contributed by atoms with Crippen LogP contribution in [0.25, 0.3) is 0 Å². The van der Waals surface area contributed by atoms with Crippen LogP contribution in [0.4, 0.5) is 5.69 Å². The molecule has 0 spiro atoms. The minimum atomic E-state index is -0.844. The number of anilines is 1. The van der Waals surface area contributed by atoms with E-state index in [2.05, 4.69) is 5.32 Å². The van der Waals surface area contributed by atoms with E-state index >= 15 is 0 Å². The molecule has 1 aliphatic rings. The summed E-state index contributed by atoms with van der Waals surface area (Å²) in [5, 5.41) is 11.7. The normalized spacial score (nSPS) is 19.8. The van der Waals surface area contributed by atoms with Gasteiger partial charge in [0.1, 0.15) is 6.04 Å². The van der Waals surface area contributed by atoms with Crippen LogP contribution in [0.2, 0.25) is 0 Å². The zero-order valence-corrected chi connectivity index (χ0v) is 6.95. The Morgan fingerprint density at radius 1 is 1.62 bits per heavy atom.